The van der Waals surface area contributed by atoms with Crippen molar-refractivity contribution in [1.82, 2.24) is 0 Å². The number of rotatable bonds is 2. The Bertz CT molecular complexity index is 1270. The molecule has 0 spiro atoms. The number of piperazine rings is 1. The SMILES string of the molecule is O=C1c2ccccc2-c2ccc(N3CCN(c4ccccc4)CC3)c3cccc1c23. The largest absolute Gasteiger partial charge is 0.368 e. The van der Waals surface area contributed by atoms with Gasteiger partial charge >= 0.3 is 0 Å². The Labute approximate surface area is 176 Å². The molecule has 30 heavy (non-hydrogen) atoms. The van der Waals surface area contributed by atoms with E-state index in [0.29, 0.717) is 0 Å². The summed E-state index contributed by atoms with van der Waals surface area (Å²) in [6, 6.07) is 29.2. The third-order valence-electron chi connectivity index (χ3n) is 6.47. The lowest BCUT2D eigenvalue weighted by Crippen LogP contribution is -2.46. The number of benzene rings is 4. The zero-order chi connectivity index (χ0) is 20.1. The average Bonchev–Trinajstić information content (AvgIpc) is 2.83. The fourth-order valence-electron chi connectivity index (χ4n) is 4.99. The summed E-state index contributed by atoms with van der Waals surface area (Å²) in [5, 5.41) is 2.28. The van der Waals surface area contributed by atoms with Crippen molar-refractivity contribution in [1.29, 1.82) is 0 Å². The van der Waals surface area contributed by atoms with Gasteiger partial charge in [-0.2, -0.15) is 0 Å². The summed E-state index contributed by atoms with van der Waals surface area (Å²) in [5.74, 6) is 0.134. The Balaban J connectivity index is 1.41. The van der Waals surface area contributed by atoms with Crippen LogP contribution in [-0.2, 0) is 0 Å². The molecule has 1 aliphatic heterocycles. The maximum Gasteiger partial charge on any atom is 0.194 e. The minimum Gasteiger partial charge on any atom is -0.368 e. The molecular formula is C27H22N2O. The van der Waals surface area contributed by atoms with E-state index in [1.54, 1.807) is 0 Å². The molecule has 1 saturated heterocycles. The van der Waals surface area contributed by atoms with Crippen molar-refractivity contribution in [2.24, 2.45) is 0 Å². The van der Waals surface area contributed by atoms with Crippen molar-refractivity contribution in [2.75, 3.05) is 36.0 Å². The molecule has 0 saturated carbocycles. The molecular weight excluding hydrogens is 368 g/mol. The predicted molar refractivity (Wildman–Crippen MR) is 124 cm³/mol. The summed E-state index contributed by atoms with van der Waals surface area (Å²) in [6.07, 6.45) is 0. The summed E-state index contributed by atoms with van der Waals surface area (Å²) in [5.41, 5.74) is 6.37. The molecule has 0 aromatic heterocycles. The smallest absolute Gasteiger partial charge is 0.194 e. The first kappa shape index (κ1) is 17.3. The van der Waals surface area contributed by atoms with E-state index < -0.39 is 0 Å². The minimum absolute atomic E-state index is 0.134. The summed E-state index contributed by atoms with van der Waals surface area (Å²) in [6.45, 7) is 3.93. The normalized spacial score (nSPS) is 15.4. The molecule has 1 heterocycles. The lowest BCUT2D eigenvalue weighted by atomic mass is 9.82. The third-order valence-corrected chi connectivity index (χ3v) is 6.47. The van der Waals surface area contributed by atoms with E-state index in [4.69, 9.17) is 0 Å². The Morgan fingerprint density at radius 3 is 2.00 bits per heavy atom. The van der Waals surface area contributed by atoms with E-state index in [1.807, 2.05) is 30.3 Å². The number of para-hydroxylation sites is 1. The molecule has 0 amide bonds. The van der Waals surface area contributed by atoms with Crippen LogP contribution in [0.25, 0.3) is 21.9 Å². The zero-order valence-electron chi connectivity index (χ0n) is 16.7. The van der Waals surface area contributed by atoms with E-state index in [1.165, 1.54) is 22.3 Å². The van der Waals surface area contributed by atoms with Crippen molar-refractivity contribution in [3.8, 4) is 11.1 Å². The van der Waals surface area contributed by atoms with Gasteiger partial charge in [-0.3, -0.25) is 4.79 Å². The lowest BCUT2D eigenvalue weighted by molar-refractivity contribution is 0.104. The van der Waals surface area contributed by atoms with E-state index in [-0.39, 0.29) is 5.78 Å². The molecule has 2 aliphatic rings. The second-order valence-corrected chi connectivity index (χ2v) is 8.04. The number of carbonyl (C=O) groups is 1. The van der Waals surface area contributed by atoms with Crippen molar-refractivity contribution < 1.29 is 4.79 Å². The Hall–Kier alpha value is -3.59. The number of ketones is 1. The molecule has 0 bridgehead atoms. The highest BCUT2D eigenvalue weighted by Gasteiger charge is 2.27. The maximum atomic E-state index is 13.2. The Morgan fingerprint density at radius 2 is 1.20 bits per heavy atom. The highest BCUT2D eigenvalue weighted by Crippen LogP contribution is 2.42. The second kappa shape index (κ2) is 6.74. The van der Waals surface area contributed by atoms with Crippen LogP contribution >= 0.6 is 0 Å². The van der Waals surface area contributed by atoms with Gasteiger partial charge in [-0.15, -0.1) is 0 Å². The number of hydrogen-bond acceptors (Lipinski definition) is 3. The van der Waals surface area contributed by atoms with Crippen LogP contribution in [0.1, 0.15) is 15.9 Å². The topological polar surface area (TPSA) is 23.6 Å². The first-order valence-electron chi connectivity index (χ1n) is 10.6. The number of fused-ring (bicyclic) bond motifs is 2. The molecule has 3 nitrogen and oxygen atoms in total. The number of anilines is 2. The standard InChI is InChI=1S/C27H22N2O/c30-27-22-10-5-4-9-20(22)21-13-14-25(23-11-6-12-24(27)26(21)23)29-17-15-28(16-18-29)19-7-2-1-3-8-19/h1-14H,15-18H2. The van der Waals surface area contributed by atoms with Crippen LogP contribution in [0.2, 0.25) is 0 Å². The number of carbonyl (C=O) groups excluding carboxylic acids is 1. The van der Waals surface area contributed by atoms with Gasteiger partial charge in [0.05, 0.1) is 0 Å². The Morgan fingerprint density at radius 1 is 0.533 bits per heavy atom. The highest BCUT2D eigenvalue weighted by molar-refractivity contribution is 6.27. The molecule has 146 valence electrons. The number of nitrogens with zero attached hydrogens (tertiary/aromatic N) is 2. The Kier molecular flexibility index (Phi) is 3.88. The molecule has 3 heteroatoms. The van der Waals surface area contributed by atoms with Gasteiger partial charge in [-0.25, -0.2) is 0 Å². The lowest BCUT2D eigenvalue weighted by Gasteiger charge is -2.38. The maximum absolute atomic E-state index is 13.2. The van der Waals surface area contributed by atoms with Gasteiger partial charge in [0, 0.05) is 59.5 Å². The molecule has 0 N–H and O–H groups in total. The van der Waals surface area contributed by atoms with E-state index >= 15 is 0 Å². The van der Waals surface area contributed by atoms with Crippen LogP contribution < -0.4 is 9.80 Å². The molecule has 4 aromatic carbocycles. The molecule has 0 unspecified atom stereocenters. The van der Waals surface area contributed by atoms with Gasteiger partial charge in [0.25, 0.3) is 0 Å². The van der Waals surface area contributed by atoms with Crippen molar-refractivity contribution >= 4 is 27.9 Å². The summed E-state index contributed by atoms with van der Waals surface area (Å²) in [7, 11) is 0. The fraction of sp³-hybridized carbons (Fsp3) is 0.148. The molecule has 1 fully saturated rings. The third kappa shape index (κ3) is 2.55. The molecule has 6 rings (SSSR count). The predicted octanol–water partition coefficient (Wildman–Crippen LogP) is 5.38. The van der Waals surface area contributed by atoms with Gasteiger partial charge < -0.3 is 9.80 Å². The summed E-state index contributed by atoms with van der Waals surface area (Å²) >= 11 is 0. The first-order valence-corrected chi connectivity index (χ1v) is 10.6. The highest BCUT2D eigenvalue weighted by atomic mass is 16.1. The van der Waals surface area contributed by atoms with Crippen molar-refractivity contribution in [3.63, 3.8) is 0 Å². The quantitative estimate of drug-likeness (QED) is 0.404. The van der Waals surface area contributed by atoms with E-state index in [0.717, 1.165) is 48.3 Å². The summed E-state index contributed by atoms with van der Waals surface area (Å²) < 4.78 is 0. The van der Waals surface area contributed by atoms with E-state index in [2.05, 4.69) is 64.4 Å². The molecule has 1 aliphatic carbocycles. The van der Waals surface area contributed by atoms with Crippen LogP contribution in [0.15, 0.2) is 84.9 Å². The van der Waals surface area contributed by atoms with Gasteiger partial charge in [0.1, 0.15) is 0 Å². The molecule has 4 aromatic rings. The fourth-order valence-corrected chi connectivity index (χ4v) is 4.99. The molecule has 0 radical (unpaired) electrons. The summed E-state index contributed by atoms with van der Waals surface area (Å²) in [4.78, 5) is 18.1. The van der Waals surface area contributed by atoms with Crippen LogP contribution in [0.4, 0.5) is 11.4 Å². The van der Waals surface area contributed by atoms with E-state index in [9.17, 15) is 4.79 Å². The van der Waals surface area contributed by atoms with Gasteiger partial charge in [0.2, 0.25) is 0 Å². The van der Waals surface area contributed by atoms with Gasteiger partial charge in [0.15, 0.2) is 5.78 Å². The average molecular weight is 390 g/mol. The minimum atomic E-state index is 0.134. The van der Waals surface area contributed by atoms with Crippen LogP contribution in [0.3, 0.4) is 0 Å². The molecule has 0 atom stereocenters. The first-order chi connectivity index (χ1) is 14.8. The van der Waals surface area contributed by atoms with Gasteiger partial charge in [-0.1, -0.05) is 66.7 Å². The van der Waals surface area contributed by atoms with Crippen LogP contribution in [0.5, 0.6) is 0 Å². The van der Waals surface area contributed by atoms with Crippen molar-refractivity contribution in [3.05, 3.63) is 96.1 Å². The van der Waals surface area contributed by atoms with Crippen LogP contribution in [-0.4, -0.2) is 32.0 Å². The second-order valence-electron chi connectivity index (χ2n) is 8.04. The van der Waals surface area contributed by atoms with Gasteiger partial charge in [-0.05, 0) is 29.3 Å². The van der Waals surface area contributed by atoms with Crippen molar-refractivity contribution in [2.45, 2.75) is 0 Å². The number of hydrogen-bond donors (Lipinski definition) is 0. The van der Waals surface area contributed by atoms with Crippen LogP contribution in [0, 0.1) is 0 Å². The monoisotopic (exact) mass is 390 g/mol. The zero-order valence-corrected chi connectivity index (χ0v) is 16.7.